The highest BCUT2D eigenvalue weighted by Gasteiger charge is 2.25. The van der Waals surface area contributed by atoms with Crippen molar-refractivity contribution in [2.45, 2.75) is 31.7 Å². The number of thioether (sulfide) groups is 1. The normalized spacial score (nSPS) is 13.3. The van der Waals surface area contributed by atoms with Crippen LogP contribution in [0.5, 0.6) is 0 Å². The fourth-order valence-corrected chi connectivity index (χ4v) is 4.26. The van der Waals surface area contributed by atoms with Crippen molar-refractivity contribution in [3.63, 3.8) is 0 Å². The van der Waals surface area contributed by atoms with Crippen LogP contribution in [0.25, 0.3) is 0 Å². The highest BCUT2D eigenvalue weighted by molar-refractivity contribution is 7.99. The van der Waals surface area contributed by atoms with Crippen LogP contribution in [0.2, 0.25) is 0 Å². The van der Waals surface area contributed by atoms with E-state index in [1.165, 1.54) is 11.1 Å². The Balaban J connectivity index is 1.76. The second-order valence-electron chi connectivity index (χ2n) is 6.75. The molecule has 0 radical (unpaired) electrons. The van der Waals surface area contributed by atoms with Gasteiger partial charge in [0.1, 0.15) is 6.17 Å². The lowest BCUT2D eigenvalue weighted by Crippen LogP contribution is -2.06. The summed E-state index contributed by atoms with van der Waals surface area (Å²) in [6.07, 6.45) is -0.0619. The van der Waals surface area contributed by atoms with Crippen LogP contribution in [0.15, 0.2) is 78.9 Å². The van der Waals surface area contributed by atoms with Crippen LogP contribution in [0.3, 0.4) is 0 Å². The molecule has 0 aliphatic rings. The fourth-order valence-electron chi connectivity index (χ4n) is 2.98. The lowest BCUT2D eigenvalue weighted by atomic mass is 10.0. The van der Waals surface area contributed by atoms with Gasteiger partial charge in [-0.1, -0.05) is 90.0 Å². The topological polar surface area (TPSA) is 0 Å². The van der Waals surface area contributed by atoms with Crippen LogP contribution < -0.4 is 0 Å². The SMILES string of the molecule is Cc1ccc([C@H](F)[C@@H](SCCc2ccccc2)c2ccc(C)cc2)cc1. The van der Waals surface area contributed by atoms with E-state index in [2.05, 4.69) is 55.5 Å². The second kappa shape index (κ2) is 9.05. The van der Waals surface area contributed by atoms with E-state index < -0.39 is 6.17 Å². The van der Waals surface area contributed by atoms with E-state index in [0.29, 0.717) is 0 Å². The standard InChI is InChI=1S/C24H25FS/c1-18-8-12-21(13-9-18)23(25)24(22-14-10-19(2)11-15-22)26-17-16-20-6-4-3-5-7-20/h3-15,23-24H,16-17H2,1-2H3/t23-,24-/m0/s1. The molecule has 0 nitrogen and oxygen atoms in total. The van der Waals surface area contributed by atoms with Gasteiger partial charge in [0.25, 0.3) is 0 Å². The van der Waals surface area contributed by atoms with Gasteiger partial charge >= 0.3 is 0 Å². The minimum absolute atomic E-state index is 0.193. The summed E-state index contributed by atoms with van der Waals surface area (Å²) in [4.78, 5) is 0. The lowest BCUT2D eigenvalue weighted by Gasteiger charge is -2.22. The molecule has 0 heterocycles. The lowest BCUT2D eigenvalue weighted by molar-refractivity contribution is 0.337. The smallest absolute Gasteiger partial charge is 0.141 e. The first-order valence-electron chi connectivity index (χ1n) is 9.06. The van der Waals surface area contributed by atoms with Gasteiger partial charge in [0.2, 0.25) is 0 Å². The van der Waals surface area contributed by atoms with Gasteiger partial charge in [-0.25, -0.2) is 4.39 Å². The van der Waals surface area contributed by atoms with Gasteiger partial charge in [0, 0.05) is 0 Å². The Morgan fingerprint density at radius 1 is 0.731 bits per heavy atom. The Kier molecular flexibility index (Phi) is 6.51. The Bertz CT molecular complexity index is 794. The van der Waals surface area contributed by atoms with Crippen LogP contribution in [-0.4, -0.2) is 5.75 Å². The zero-order valence-corrected chi connectivity index (χ0v) is 16.2. The predicted molar refractivity (Wildman–Crippen MR) is 112 cm³/mol. The molecular weight excluding hydrogens is 339 g/mol. The first-order chi connectivity index (χ1) is 12.6. The molecule has 134 valence electrons. The predicted octanol–water partition coefficient (Wildman–Crippen LogP) is 7.03. The Morgan fingerprint density at radius 3 is 1.85 bits per heavy atom. The van der Waals surface area contributed by atoms with Crippen LogP contribution >= 0.6 is 11.8 Å². The number of rotatable bonds is 7. The van der Waals surface area contributed by atoms with Crippen molar-refractivity contribution >= 4 is 11.8 Å². The van der Waals surface area contributed by atoms with Crippen molar-refractivity contribution < 1.29 is 4.39 Å². The number of hydrogen-bond acceptors (Lipinski definition) is 1. The molecule has 0 aromatic heterocycles. The van der Waals surface area contributed by atoms with Gasteiger partial charge in [0.15, 0.2) is 0 Å². The molecule has 0 unspecified atom stereocenters. The molecule has 3 aromatic carbocycles. The molecule has 0 N–H and O–H groups in total. The van der Waals surface area contributed by atoms with Crippen molar-refractivity contribution in [1.29, 1.82) is 0 Å². The molecule has 3 rings (SSSR count). The van der Waals surface area contributed by atoms with E-state index in [-0.39, 0.29) is 5.25 Å². The number of benzene rings is 3. The number of aryl methyl sites for hydroxylation is 3. The summed E-state index contributed by atoms with van der Waals surface area (Å²) >= 11 is 1.71. The molecule has 0 amide bonds. The van der Waals surface area contributed by atoms with E-state index in [1.807, 2.05) is 37.3 Å². The molecule has 0 aliphatic carbocycles. The van der Waals surface area contributed by atoms with E-state index >= 15 is 4.39 Å². The van der Waals surface area contributed by atoms with Crippen LogP contribution in [0.4, 0.5) is 4.39 Å². The second-order valence-corrected chi connectivity index (χ2v) is 8.00. The van der Waals surface area contributed by atoms with Gasteiger partial charge in [-0.05, 0) is 42.7 Å². The van der Waals surface area contributed by atoms with E-state index in [1.54, 1.807) is 11.8 Å². The summed E-state index contributed by atoms with van der Waals surface area (Å²) < 4.78 is 15.4. The minimum Gasteiger partial charge on any atom is -0.241 e. The van der Waals surface area contributed by atoms with Crippen molar-refractivity contribution in [2.24, 2.45) is 0 Å². The maximum atomic E-state index is 15.4. The van der Waals surface area contributed by atoms with Gasteiger partial charge in [-0.3, -0.25) is 0 Å². The van der Waals surface area contributed by atoms with Crippen molar-refractivity contribution in [3.05, 3.63) is 107 Å². The largest absolute Gasteiger partial charge is 0.241 e. The third-order valence-electron chi connectivity index (χ3n) is 4.60. The average Bonchev–Trinajstić information content (AvgIpc) is 2.67. The van der Waals surface area contributed by atoms with Crippen molar-refractivity contribution in [2.75, 3.05) is 5.75 Å². The van der Waals surface area contributed by atoms with E-state index in [9.17, 15) is 0 Å². The van der Waals surface area contributed by atoms with Crippen LogP contribution in [0, 0.1) is 13.8 Å². The molecule has 0 bridgehead atoms. The third kappa shape index (κ3) is 4.98. The molecular formula is C24H25FS. The quantitative estimate of drug-likeness (QED) is 0.433. The van der Waals surface area contributed by atoms with E-state index in [4.69, 9.17) is 0 Å². The zero-order chi connectivity index (χ0) is 18.4. The summed E-state index contributed by atoms with van der Waals surface area (Å²) in [5, 5.41) is -0.193. The number of halogens is 1. The molecule has 0 fully saturated rings. The minimum atomic E-state index is -1.01. The number of alkyl halides is 1. The molecule has 0 aliphatic heterocycles. The van der Waals surface area contributed by atoms with Gasteiger partial charge in [-0.2, -0.15) is 0 Å². The molecule has 3 aromatic rings. The zero-order valence-electron chi connectivity index (χ0n) is 15.4. The highest BCUT2D eigenvalue weighted by atomic mass is 32.2. The van der Waals surface area contributed by atoms with Crippen LogP contribution in [-0.2, 0) is 6.42 Å². The van der Waals surface area contributed by atoms with Crippen LogP contribution in [0.1, 0.15) is 39.2 Å². The maximum Gasteiger partial charge on any atom is 0.141 e. The summed E-state index contributed by atoms with van der Waals surface area (Å²) in [6.45, 7) is 4.09. The molecule has 0 saturated heterocycles. The van der Waals surface area contributed by atoms with Gasteiger partial charge in [0.05, 0.1) is 5.25 Å². The highest BCUT2D eigenvalue weighted by Crippen LogP contribution is 2.43. The fraction of sp³-hybridized carbons (Fsp3) is 0.250. The number of hydrogen-bond donors (Lipinski definition) is 0. The summed E-state index contributed by atoms with van der Waals surface area (Å²) in [7, 11) is 0. The monoisotopic (exact) mass is 364 g/mol. The molecule has 26 heavy (non-hydrogen) atoms. The maximum absolute atomic E-state index is 15.4. The summed E-state index contributed by atoms with van der Waals surface area (Å²) in [6, 6.07) is 26.5. The molecule has 0 saturated carbocycles. The van der Waals surface area contributed by atoms with Gasteiger partial charge < -0.3 is 0 Å². The Labute approximate surface area is 160 Å². The molecule has 2 heteroatoms. The summed E-state index contributed by atoms with van der Waals surface area (Å²) in [5.41, 5.74) is 5.47. The Morgan fingerprint density at radius 2 is 1.27 bits per heavy atom. The van der Waals surface area contributed by atoms with Crippen molar-refractivity contribution in [3.8, 4) is 0 Å². The first-order valence-corrected chi connectivity index (χ1v) is 10.1. The molecule has 2 atom stereocenters. The third-order valence-corrected chi connectivity index (χ3v) is 5.91. The Hall–Kier alpha value is -2.06. The van der Waals surface area contributed by atoms with Crippen molar-refractivity contribution in [1.82, 2.24) is 0 Å². The van der Waals surface area contributed by atoms with Gasteiger partial charge in [-0.15, -0.1) is 11.8 Å². The molecule has 0 spiro atoms. The first kappa shape index (κ1) is 18.7. The summed E-state index contributed by atoms with van der Waals surface area (Å²) in [5.74, 6) is 0.898. The average molecular weight is 365 g/mol. The van der Waals surface area contributed by atoms with E-state index in [0.717, 1.165) is 28.9 Å².